The molecule has 2 aromatic heterocycles. The summed E-state index contributed by atoms with van der Waals surface area (Å²) in [6, 6.07) is 8.82. The van der Waals surface area contributed by atoms with E-state index in [1.807, 2.05) is 62.0 Å². The van der Waals surface area contributed by atoms with Gasteiger partial charge in [-0.1, -0.05) is 50.3 Å². The van der Waals surface area contributed by atoms with E-state index in [4.69, 9.17) is 33.2 Å². The highest BCUT2D eigenvalue weighted by atomic mass is 19.1. The number of cyclic esters (lactones) is 1. The fraction of sp³-hybridized carbons (Fsp3) is 0.750. The number of halogens is 1. The number of hydrogen-bond donors (Lipinski definition) is 6. The molecule has 3 fully saturated rings. The van der Waals surface area contributed by atoms with E-state index < -0.39 is 127 Å². The van der Waals surface area contributed by atoms with E-state index in [9.17, 15) is 39.8 Å². The quantitative estimate of drug-likeness (QED) is 0.106. The van der Waals surface area contributed by atoms with Gasteiger partial charge in [-0.05, 0) is 105 Å². The van der Waals surface area contributed by atoms with Gasteiger partial charge in [0.25, 0.3) is 0 Å². The number of aliphatic hydroxyl groups is 5. The first-order valence-corrected chi connectivity index (χ1v) is 27.2. The molecule has 5 heterocycles. The van der Waals surface area contributed by atoms with Crippen LogP contribution < -0.4 is 0 Å². The number of benzene rings is 1. The minimum atomic E-state index is -1.86. The first kappa shape index (κ1) is 62.4. The molecule has 0 bridgehead atoms. The first-order valence-electron chi connectivity index (χ1n) is 27.2. The lowest BCUT2D eigenvalue weighted by molar-refractivity contribution is -0.318. The van der Waals surface area contributed by atoms with Crippen LogP contribution in [0.4, 0.5) is 4.39 Å². The van der Waals surface area contributed by atoms with Gasteiger partial charge in [-0.15, -0.1) is 5.10 Å². The van der Waals surface area contributed by atoms with Gasteiger partial charge in [0.05, 0.1) is 47.2 Å². The highest BCUT2D eigenvalue weighted by molar-refractivity contribution is 5.73. The monoisotopic (exact) mass is 1090 g/mol. The Morgan fingerprint density at radius 1 is 0.935 bits per heavy atom. The molecule has 6 N–H and O–H groups in total. The van der Waals surface area contributed by atoms with Crippen LogP contribution in [0, 0.1) is 17.8 Å². The molecule has 20 nitrogen and oxygen atoms in total. The Balaban J connectivity index is 1.25. The Morgan fingerprint density at radius 2 is 1.61 bits per heavy atom. The van der Waals surface area contributed by atoms with Crippen molar-refractivity contribution in [3.8, 4) is 17.0 Å². The van der Waals surface area contributed by atoms with Crippen LogP contribution in [0.15, 0.2) is 48.8 Å². The predicted octanol–water partition coefficient (Wildman–Crippen LogP) is 4.77. The molecule has 3 saturated heterocycles. The summed E-state index contributed by atoms with van der Waals surface area (Å²) in [7, 11) is 6.71. The van der Waals surface area contributed by atoms with Crippen molar-refractivity contribution in [1.82, 2.24) is 29.8 Å². The summed E-state index contributed by atoms with van der Waals surface area (Å²) >= 11 is 0. The maximum absolute atomic E-state index is 14.9. The fourth-order valence-corrected chi connectivity index (χ4v) is 11.9. The summed E-state index contributed by atoms with van der Waals surface area (Å²) in [5.41, 5.74) is -1.62. The standard InChI is InChI=1S/C56H89FN6O14/c1-15-43-56(10,70)49(66)35(6)62(12)29-31(2)25-54(8,69)51(33(4)47(34(5)52(68)75-43)76-45-26-55(9,72-14)50(67)36(7)74-45)77-53-46(65)41(24-32(3)73-53)61(11)23-22-40-30-63(60-59-40)42(27-57)48(71-13)38-18-16-37(17-19-38)39-20-21-44(64)58-28-39/h16-21,28,30-36,41-43,45-51,53,65-67,69-70H,15,22-27,29H2,1-14H3,(H,58,64)/t31-,32-,33+,34-,35-,36+,41+,42-,43-,45+,46-,47+,48-,49-,50+,51-,53+,54-,55-,56-/m1/s1. The van der Waals surface area contributed by atoms with Gasteiger partial charge in [0, 0.05) is 82.2 Å². The zero-order valence-electron chi connectivity index (χ0n) is 47.6. The van der Waals surface area contributed by atoms with E-state index in [0.29, 0.717) is 31.6 Å². The maximum Gasteiger partial charge on any atom is 0.311 e. The molecule has 0 unspecified atom stereocenters. The lowest BCUT2D eigenvalue weighted by Gasteiger charge is -2.49. The van der Waals surface area contributed by atoms with Crippen LogP contribution in [0.3, 0.4) is 0 Å². The third-order valence-electron chi connectivity index (χ3n) is 16.8. The number of aromatic hydroxyl groups is 1. The number of esters is 1. The fourth-order valence-electron chi connectivity index (χ4n) is 11.9. The Morgan fingerprint density at radius 3 is 2.22 bits per heavy atom. The molecule has 0 spiro atoms. The lowest BCUT2D eigenvalue weighted by Crippen LogP contribution is -2.61. The topological polar surface area (TPSA) is 253 Å². The number of nitrogens with zero attached hydrogens (tertiary/aromatic N) is 6. The number of carbonyl (C=O) groups is 1. The maximum atomic E-state index is 14.9. The molecule has 0 radical (unpaired) electrons. The van der Waals surface area contributed by atoms with Crippen molar-refractivity contribution in [2.24, 2.45) is 17.8 Å². The van der Waals surface area contributed by atoms with Crippen molar-refractivity contribution in [2.45, 2.75) is 204 Å². The Hall–Kier alpha value is -3.81. The predicted molar refractivity (Wildman–Crippen MR) is 283 cm³/mol. The average molecular weight is 1090 g/mol. The number of carbonyl (C=O) groups excluding carboxylic acids is 1. The van der Waals surface area contributed by atoms with E-state index in [2.05, 4.69) is 15.3 Å². The van der Waals surface area contributed by atoms with Crippen LogP contribution in [0.2, 0.25) is 0 Å². The van der Waals surface area contributed by atoms with Crippen LogP contribution in [-0.2, 0) is 44.4 Å². The largest absolute Gasteiger partial charge is 0.493 e. The van der Waals surface area contributed by atoms with E-state index in [-0.39, 0.29) is 31.1 Å². The molecule has 0 amide bonds. The lowest BCUT2D eigenvalue weighted by atomic mass is 9.77. The molecule has 77 heavy (non-hydrogen) atoms. The molecule has 3 aromatic rings. The van der Waals surface area contributed by atoms with Crippen LogP contribution in [0.25, 0.3) is 11.1 Å². The van der Waals surface area contributed by atoms with E-state index in [1.165, 1.54) is 31.9 Å². The SMILES string of the molecule is CC[C@H]1OC(=O)[C@H](C)[C@@H](O[C@H]2C[C@@](C)(OC)[C@@H](O)[C@H](C)O2)[C@H](C)[C@@H](O[C@@H]2O[C@H](C)C[C@H](N(C)CCc3cn([C@H](CF)[C@H](OC)c4ccc(-c5ccc(O)nc5)cc4)nn3)[C@H]2O)[C@](C)(O)C[C@@H](C)CN(C)[C@H](C)[C@@H](O)[C@]1(C)O. The molecule has 21 heteroatoms. The van der Waals surface area contributed by atoms with Gasteiger partial charge in [-0.2, -0.15) is 0 Å². The highest BCUT2D eigenvalue weighted by Crippen LogP contribution is 2.41. The van der Waals surface area contributed by atoms with Gasteiger partial charge in [-0.3, -0.25) is 4.79 Å². The second-order valence-corrected chi connectivity index (χ2v) is 23.0. The number of alkyl halides is 1. The van der Waals surface area contributed by atoms with Gasteiger partial charge < -0.3 is 73.6 Å². The highest BCUT2D eigenvalue weighted by Gasteiger charge is 2.53. The van der Waals surface area contributed by atoms with Crippen LogP contribution >= 0.6 is 0 Å². The molecular formula is C56H89FN6O14. The number of aromatic nitrogens is 4. The van der Waals surface area contributed by atoms with Crippen LogP contribution in [0.5, 0.6) is 5.88 Å². The zero-order chi connectivity index (χ0) is 56.9. The third-order valence-corrected chi connectivity index (χ3v) is 16.8. The number of likely N-dealkylation sites (N-methyl/N-ethyl adjacent to an activating group) is 2. The number of hydrogen-bond acceptors (Lipinski definition) is 19. The van der Waals surface area contributed by atoms with E-state index >= 15 is 0 Å². The second kappa shape index (κ2) is 26.2. The zero-order valence-corrected chi connectivity index (χ0v) is 47.6. The number of methoxy groups -OCH3 is 2. The number of ether oxygens (including phenoxy) is 7. The minimum Gasteiger partial charge on any atom is -0.493 e. The summed E-state index contributed by atoms with van der Waals surface area (Å²) in [6.45, 7) is 17.4. The Kier molecular flexibility index (Phi) is 21.2. The van der Waals surface area contributed by atoms with Gasteiger partial charge in [0.1, 0.15) is 48.8 Å². The molecule has 6 rings (SSSR count). The summed E-state index contributed by atoms with van der Waals surface area (Å²) in [6.07, 6.45) is -6.61. The van der Waals surface area contributed by atoms with Crippen molar-refractivity contribution in [3.63, 3.8) is 0 Å². The summed E-state index contributed by atoms with van der Waals surface area (Å²) < 4.78 is 60.6. The molecule has 20 atom stereocenters. The van der Waals surface area contributed by atoms with Crippen molar-refractivity contribution >= 4 is 5.97 Å². The molecule has 434 valence electrons. The van der Waals surface area contributed by atoms with Gasteiger partial charge in [0.2, 0.25) is 5.88 Å². The number of aliphatic hydroxyl groups excluding tert-OH is 3. The molecule has 3 aliphatic rings. The minimum absolute atomic E-state index is 0.0756. The van der Waals surface area contributed by atoms with Gasteiger partial charge >= 0.3 is 5.97 Å². The Labute approximate surface area is 454 Å². The van der Waals surface area contributed by atoms with E-state index in [1.54, 1.807) is 66.9 Å². The summed E-state index contributed by atoms with van der Waals surface area (Å²) in [4.78, 5) is 22.4. The molecular weight excluding hydrogens is 1000 g/mol. The van der Waals surface area contributed by atoms with Crippen LogP contribution in [0.1, 0.15) is 118 Å². The molecule has 3 aliphatic heterocycles. The number of pyridine rings is 1. The normalized spacial score (nSPS) is 38.1. The van der Waals surface area contributed by atoms with Crippen molar-refractivity contribution in [1.29, 1.82) is 0 Å². The molecule has 1 aromatic carbocycles. The van der Waals surface area contributed by atoms with Crippen molar-refractivity contribution < 1.29 is 73.0 Å². The summed E-state index contributed by atoms with van der Waals surface area (Å²) in [5.74, 6) is -2.98. The second-order valence-electron chi connectivity index (χ2n) is 23.0. The molecule has 0 saturated carbocycles. The van der Waals surface area contributed by atoms with Crippen molar-refractivity contribution in [3.05, 3.63) is 60.0 Å². The first-order chi connectivity index (χ1) is 36.2. The average Bonchev–Trinajstić information content (AvgIpc) is 3.87. The van der Waals surface area contributed by atoms with Gasteiger partial charge in [0.15, 0.2) is 12.6 Å². The molecule has 0 aliphatic carbocycles. The smallest absolute Gasteiger partial charge is 0.311 e. The van der Waals surface area contributed by atoms with Crippen LogP contribution in [-0.4, -0.2) is 205 Å². The van der Waals surface area contributed by atoms with E-state index in [0.717, 1.165) is 16.7 Å². The van der Waals surface area contributed by atoms with Crippen molar-refractivity contribution in [2.75, 3.05) is 48.1 Å². The summed E-state index contributed by atoms with van der Waals surface area (Å²) in [5, 5.41) is 78.2. The Bertz CT molecular complexity index is 2310. The third kappa shape index (κ3) is 14.4. The number of rotatable bonds is 16. The van der Waals surface area contributed by atoms with Gasteiger partial charge in [-0.25, -0.2) is 14.1 Å².